The van der Waals surface area contributed by atoms with E-state index in [-0.39, 0.29) is 18.4 Å². The number of anilines is 2. The number of carbonyl (C=O) groups excluding carboxylic acids is 2. The van der Waals surface area contributed by atoms with E-state index in [4.69, 9.17) is 4.74 Å². The van der Waals surface area contributed by atoms with Crippen LogP contribution in [0.15, 0.2) is 66.1 Å². The molecule has 2 amide bonds. The normalized spacial score (nSPS) is 15.8. The van der Waals surface area contributed by atoms with Crippen LogP contribution in [0.5, 0.6) is 5.75 Å². The topological polar surface area (TPSA) is 58.6 Å². The van der Waals surface area contributed by atoms with Gasteiger partial charge in [0.05, 0.1) is 11.4 Å². The number of benzene rings is 2. The van der Waals surface area contributed by atoms with Crippen molar-refractivity contribution < 1.29 is 14.3 Å². The molecule has 134 valence electrons. The van der Waals surface area contributed by atoms with Gasteiger partial charge in [0.2, 0.25) is 5.91 Å². The summed E-state index contributed by atoms with van der Waals surface area (Å²) in [7, 11) is 0. The molecule has 1 atom stereocenters. The smallest absolute Gasteiger partial charge is 0.268 e. The van der Waals surface area contributed by atoms with E-state index in [1.165, 1.54) is 4.90 Å². The van der Waals surface area contributed by atoms with Crippen LogP contribution in [0.3, 0.4) is 0 Å². The molecule has 1 aliphatic heterocycles. The van der Waals surface area contributed by atoms with E-state index in [1.54, 1.807) is 30.8 Å². The molecule has 0 radical (unpaired) electrons. The molecule has 0 aliphatic carbocycles. The van der Waals surface area contributed by atoms with Crippen LogP contribution < -0.4 is 15.0 Å². The van der Waals surface area contributed by atoms with Gasteiger partial charge in [0.15, 0.2) is 6.10 Å². The molecule has 1 aliphatic rings. The highest BCUT2D eigenvalue weighted by Gasteiger charge is 2.32. The third kappa shape index (κ3) is 3.91. The lowest BCUT2D eigenvalue weighted by atomic mass is 10.2. The first-order valence-electron chi connectivity index (χ1n) is 8.30. The van der Waals surface area contributed by atoms with E-state index in [0.29, 0.717) is 11.4 Å². The van der Waals surface area contributed by atoms with Gasteiger partial charge in [0.1, 0.15) is 12.3 Å². The van der Waals surface area contributed by atoms with Crippen LogP contribution in [0.4, 0.5) is 11.4 Å². The zero-order chi connectivity index (χ0) is 18.5. The van der Waals surface area contributed by atoms with Crippen molar-refractivity contribution in [1.29, 1.82) is 0 Å². The molecule has 2 aromatic carbocycles. The highest BCUT2D eigenvalue weighted by Crippen LogP contribution is 2.33. The number of fused-ring (bicyclic) bond motifs is 1. The van der Waals surface area contributed by atoms with Crippen LogP contribution in [0.25, 0.3) is 0 Å². The molecule has 1 heterocycles. The van der Waals surface area contributed by atoms with E-state index >= 15 is 0 Å². The summed E-state index contributed by atoms with van der Waals surface area (Å²) in [6.45, 7) is 5.34. The van der Waals surface area contributed by atoms with Gasteiger partial charge in [0.25, 0.3) is 5.91 Å². The number of carbonyl (C=O) groups is 2. The van der Waals surface area contributed by atoms with E-state index in [0.717, 1.165) is 16.3 Å². The van der Waals surface area contributed by atoms with Gasteiger partial charge in [-0.3, -0.25) is 14.5 Å². The van der Waals surface area contributed by atoms with Gasteiger partial charge < -0.3 is 10.1 Å². The largest absolute Gasteiger partial charge is 0.479 e. The van der Waals surface area contributed by atoms with Crippen LogP contribution >= 0.6 is 11.8 Å². The first kappa shape index (κ1) is 18.1. The number of thioether (sulfide) groups is 1. The van der Waals surface area contributed by atoms with Crippen molar-refractivity contribution >= 4 is 35.0 Å². The van der Waals surface area contributed by atoms with E-state index < -0.39 is 6.10 Å². The second kappa shape index (κ2) is 8.10. The maximum atomic E-state index is 12.6. The van der Waals surface area contributed by atoms with Crippen molar-refractivity contribution in [2.24, 2.45) is 0 Å². The van der Waals surface area contributed by atoms with Crippen molar-refractivity contribution in [1.82, 2.24) is 0 Å². The number of para-hydroxylation sites is 3. The van der Waals surface area contributed by atoms with Crippen molar-refractivity contribution in [2.45, 2.75) is 17.9 Å². The second-order valence-corrected chi connectivity index (χ2v) is 6.86. The van der Waals surface area contributed by atoms with Crippen LogP contribution in [0.1, 0.15) is 6.92 Å². The summed E-state index contributed by atoms with van der Waals surface area (Å²) in [6.07, 6.45) is 1.20. The van der Waals surface area contributed by atoms with Gasteiger partial charge in [-0.2, -0.15) is 0 Å². The molecular weight excluding hydrogens is 348 g/mol. The zero-order valence-electron chi connectivity index (χ0n) is 14.5. The molecule has 0 spiro atoms. The fourth-order valence-electron chi connectivity index (χ4n) is 2.70. The number of rotatable bonds is 6. The Labute approximate surface area is 157 Å². The Morgan fingerprint density at radius 3 is 2.81 bits per heavy atom. The summed E-state index contributed by atoms with van der Waals surface area (Å²) in [5.41, 5.74) is 1.34. The summed E-state index contributed by atoms with van der Waals surface area (Å²) in [5, 5.41) is 2.90. The van der Waals surface area contributed by atoms with Gasteiger partial charge in [-0.1, -0.05) is 30.3 Å². The van der Waals surface area contributed by atoms with Crippen molar-refractivity contribution in [3.8, 4) is 5.75 Å². The Bertz CT molecular complexity index is 837. The monoisotopic (exact) mass is 368 g/mol. The fraction of sp³-hybridized carbons (Fsp3) is 0.200. The lowest BCUT2D eigenvalue weighted by Gasteiger charge is -2.32. The lowest BCUT2D eigenvalue weighted by Crippen LogP contribution is -2.47. The van der Waals surface area contributed by atoms with Crippen LogP contribution in [0.2, 0.25) is 0 Å². The number of nitrogens with zero attached hydrogens (tertiary/aromatic N) is 1. The number of hydrogen-bond donors (Lipinski definition) is 1. The number of nitrogens with one attached hydrogen (secondary N) is 1. The van der Waals surface area contributed by atoms with Gasteiger partial charge in [0, 0.05) is 10.6 Å². The molecule has 0 bridgehead atoms. The van der Waals surface area contributed by atoms with E-state index in [1.807, 2.05) is 42.5 Å². The highest BCUT2D eigenvalue weighted by molar-refractivity contribution is 7.99. The quantitative estimate of drug-likeness (QED) is 0.624. The first-order valence-corrected chi connectivity index (χ1v) is 9.28. The number of hydrogen-bond acceptors (Lipinski definition) is 4. The second-order valence-electron chi connectivity index (χ2n) is 5.80. The standard InChI is InChI=1S/C20H20N2O3S/c1-3-12-26-18-11-7-4-8-15(18)21-19(23)13-22-16-9-5-6-10-17(16)25-14(2)20(22)24/h3-11,14H,1,12-13H2,2H3,(H,21,23). The SMILES string of the molecule is C=CCSc1ccccc1NC(=O)CN1C(=O)C(C)Oc2ccccc21. The maximum absolute atomic E-state index is 12.6. The Hall–Kier alpha value is -2.73. The molecule has 6 heteroatoms. The van der Waals surface area contributed by atoms with Crippen molar-refractivity contribution in [2.75, 3.05) is 22.5 Å². The van der Waals surface area contributed by atoms with Gasteiger partial charge >= 0.3 is 0 Å². The van der Waals surface area contributed by atoms with Gasteiger partial charge in [-0.25, -0.2) is 0 Å². The third-order valence-corrected chi connectivity index (χ3v) is 4.96. The molecule has 0 saturated carbocycles. The molecule has 0 aromatic heterocycles. The average Bonchev–Trinajstić information content (AvgIpc) is 2.64. The van der Waals surface area contributed by atoms with Gasteiger partial charge in [-0.15, -0.1) is 18.3 Å². The molecule has 26 heavy (non-hydrogen) atoms. The van der Waals surface area contributed by atoms with Crippen molar-refractivity contribution in [3.05, 3.63) is 61.2 Å². The Kier molecular flexibility index (Phi) is 5.63. The number of amides is 2. The van der Waals surface area contributed by atoms with E-state index in [2.05, 4.69) is 11.9 Å². The maximum Gasteiger partial charge on any atom is 0.268 e. The summed E-state index contributed by atoms with van der Waals surface area (Å²) in [6, 6.07) is 14.8. The minimum Gasteiger partial charge on any atom is -0.479 e. The highest BCUT2D eigenvalue weighted by atomic mass is 32.2. The molecule has 0 saturated heterocycles. The number of ether oxygens (including phenoxy) is 1. The van der Waals surface area contributed by atoms with Crippen molar-refractivity contribution in [3.63, 3.8) is 0 Å². The average molecular weight is 368 g/mol. The summed E-state index contributed by atoms with van der Waals surface area (Å²) in [5.74, 6) is 0.871. The van der Waals surface area contributed by atoms with Gasteiger partial charge in [-0.05, 0) is 31.2 Å². The predicted molar refractivity (Wildman–Crippen MR) is 105 cm³/mol. The van der Waals surface area contributed by atoms with E-state index in [9.17, 15) is 9.59 Å². The Morgan fingerprint density at radius 2 is 2.00 bits per heavy atom. The molecule has 5 nitrogen and oxygen atoms in total. The van der Waals surface area contributed by atoms with Crippen LogP contribution in [-0.2, 0) is 9.59 Å². The molecular formula is C20H20N2O3S. The van der Waals surface area contributed by atoms with Crippen LogP contribution in [-0.4, -0.2) is 30.2 Å². The molecule has 1 N–H and O–H groups in total. The molecule has 2 aromatic rings. The molecule has 3 rings (SSSR count). The lowest BCUT2D eigenvalue weighted by molar-refractivity contribution is -0.127. The zero-order valence-corrected chi connectivity index (χ0v) is 15.3. The summed E-state index contributed by atoms with van der Waals surface area (Å²) < 4.78 is 5.60. The molecule has 0 fully saturated rings. The van der Waals surface area contributed by atoms with Crippen LogP contribution in [0, 0.1) is 0 Å². The predicted octanol–water partition coefficient (Wildman–Crippen LogP) is 3.72. The Balaban J connectivity index is 1.76. The summed E-state index contributed by atoms with van der Waals surface area (Å²) >= 11 is 1.59. The molecule has 1 unspecified atom stereocenters. The summed E-state index contributed by atoms with van der Waals surface area (Å²) in [4.78, 5) is 27.5. The first-order chi connectivity index (χ1) is 12.6. The Morgan fingerprint density at radius 1 is 1.27 bits per heavy atom. The minimum absolute atomic E-state index is 0.0655. The fourth-order valence-corrected chi connectivity index (χ4v) is 3.45. The minimum atomic E-state index is -0.617. The third-order valence-electron chi connectivity index (χ3n) is 3.89.